The Kier molecular flexibility index (Phi) is 8.91. The zero-order chi connectivity index (χ0) is 28.1. The number of nitrogens with one attached hydrogen (secondary N) is 2. The van der Waals surface area contributed by atoms with Crippen molar-refractivity contribution >= 4 is 57.1 Å². The van der Waals surface area contributed by atoms with Crippen LogP contribution in [0.2, 0.25) is 10.0 Å². The normalized spacial score (nSPS) is 10.8. The first-order chi connectivity index (χ1) is 18.8. The maximum Gasteiger partial charge on any atom is 0.159 e. The molecule has 0 unspecified atom stereocenters. The second-order valence-corrected chi connectivity index (χ2v) is 9.42. The number of ketones is 1. The van der Waals surface area contributed by atoms with Crippen molar-refractivity contribution in [1.82, 2.24) is 9.97 Å². The average Bonchev–Trinajstić information content (AvgIpc) is 2.93. The Labute approximate surface area is 236 Å². The van der Waals surface area contributed by atoms with Gasteiger partial charge in [0.1, 0.15) is 23.1 Å². The molecule has 8 nitrogen and oxygen atoms in total. The molecule has 10 heteroatoms. The van der Waals surface area contributed by atoms with Crippen molar-refractivity contribution in [2.24, 2.45) is 0 Å². The number of benzene rings is 2. The van der Waals surface area contributed by atoms with Gasteiger partial charge >= 0.3 is 0 Å². The molecule has 2 aromatic heterocycles. The molecule has 0 aliphatic heterocycles. The summed E-state index contributed by atoms with van der Waals surface area (Å²) in [6, 6.07) is 11.1. The Hall–Kier alpha value is -3.85. The summed E-state index contributed by atoms with van der Waals surface area (Å²) in [6.45, 7) is 5.71. The van der Waals surface area contributed by atoms with Gasteiger partial charge in [-0.2, -0.15) is 0 Å². The Morgan fingerprint density at radius 3 is 2.49 bits per heavy atom. The number of aliphatic hydroxyl groups excluding tert-OH is 1. The first-order valence-corrected chi connectivity index (χ1v) is 12.8. The zero-order valence-corrected chi connectivity index (χ0v) is 23.3. The van der Waals surface area contributed by atoms with Crippen LogP contribution in [0.25, 0.3) is 22.0 Å². The molecular formula is C29H28Cl2N4O4. The molecule has 0 radical (unpaired) electrons. The van der Waals surface area contributed by atoms with Crippen molar-refractivity contribution < 1.29 is 19.4 Å². The average molecular weight is 567 g/mol. The predicted octanol–water partition coefficient (Wildman–Crippen LogP) is 6.37. The first-order valence-electron chi connectivity index (χ1n) is 12.1. The van der Waals surface area contributed by atoms with Crippen molar-refractivity contribution in [2.75, 3.05) is 38.0 Å². The Morgan fingerprint density at radius 2 is 1.85 bits per heavy atom. The number of aliphatic hydroxyl groups is 1. The molecule has 0 aliphatic rings. The van der Waals surface area contributed by atoms with Gasteiger partial charge in [0.2, 0.25) is 0 Å². The van der Waals surface area contributed by atoms with Gasteiger partial charge in [-0.05, 0) is 36.3 Å². The lowest BCUT2D eigenvalue weighted by Gasteiger charge is -2.17. The van der Waals surface area contributed by atoms with Gasteiger partial charge in [0.05, 0.1) is 36.6 Å². The van der Waals surface area contributed by atoms with E-state index in [4.69, 9.17) is 37.7 Å². The summed E-state index contributed by atoms with van der Waals surface area (Å²) in [5, 5.41) is 18.1. The molecule has 0 spiro atoms. The molecule has 39 heavy (non-hydrogen) atoms. The van der Waals surface area contributed by atoms with Gasteiger partial charge in [0.15, 0.2) is 5.78 Å². The summed E-state index contributed by atoms with van der Waals surface area (Å²) >= 11 is 13.3. The molecule has 0 bridgehead atoms. The third-order valence-corrected chi connectivity index (χ3v) is 6.90. The summed E-state index contributed by atoms with van der Waals surface area (Å²) in [6.07, 6.45) is 3.25. The number of para-hydroxylation sites is 1. The summed E-state index contributed by atoms with van der Waals surface area (Å²) in [5.41, 5.74) is 3.53. The van der Waals surface area contributed by atoms with E-state index in [0.29, 0.717) is 34.4 Å². The number of nitrogens with zero attached hydrogens (tertiary/aromatic N) is 2. The molecule has 0 fully saturated rings. The number of allylic oxidation sites excluding steroid dienone is 1. The van der Waals surface area contributed by atoms with Crippen LogP contribution in [0.4, 0.5) is 17.3 Å². The molecule has 0 saturated heterocycles. The van der Waals surface area contributed by atoms with Crippen LogP contribution in [-0.4, -0.2) is 48.2 Å². The fourth-order valence-electron chi connectivity index (χ4n) is 4.20. The minimum absolute atomic E-state index is 0.0752. The number of fused-ring (bicyclic) bond motifs is 1. The van der Waals surface area contributed by atoms with E-state index in [9.17, 15) is 9.90 Å². The van der Waals surface area contributed by atoms with Gasteiger partial charge in [-0.25, -0.2) is 9.97 Å². The Balaban J connectivity index is 1.84. The highest BCUT2D eigenvalue weighted by Gasteiger charge is 2.21. The number of methoxy groups -OCH3 is 2. The van der Waals surface area contributed by atoms with Crippen LogP contribution in [0, 0.1) is 6.92 Å². The minimum Gasteiger partial charge on any atom is -0.495 e. The molecular weight excluding hydrogens is 539 g/mol. The van der Waals surface area contributed by atoms with E-state index in [0.717, 1.165) is 27.6 Å². The van der Waals surface area contributed by atoms with Crippen molar-refractivity contribution in [2.45, 2.75) is 13.3 Å². The van der Waals surface area contributed by atoms with Crippen LogP contribution in [0.15, 0.2) is 55.3 Å². The topological polar surface area (TPSA) is 106 Å². The second kappa shape index (κ2) is 12.3. The Bertz CT molecular complexity index is 1530. The summed E-state index contributed by atoms with van der Waals surface area (Å²) in [4.78, 5) is 21.5. The standard InChI is InChI=1S/C29H28Cl2N4O4/c1-5-19(37)11-17-8-6-7-16(2)28(17)35-24-13-20-18(15-33-24)12-21(34-29(20)32-9-10-36)25-26(30)22(38-3)14-23(39-4)27(25)31/h5-8,12-15,36H,1,9-11H2,2-4H3,(H,32,34)(H,33,35). The van der Waals surface area contributed by atoms with E-state index in [-0.39, 0.29) is 35.4 Å². The van der Waals surface area contributed by atoms with E-state index in [1.165, 1.54) is 20.3 Å². The number of aryl methyl sites for hydroxylation is 1. The third-order valence-electron chi connectivity index (χ3n) is 6.15. The molecule has 2 heterocycles. The lowest BCUT2D eigenvalue weighted by molar-refractivity contribution is -0.114. The quantitative estimate of drug-likeness (QED) is 0.180. The van der Waals surface area contributed by atoms with E-state index in [1.807, 2.05) is 37.3 Å². The highest BCUT2D eigenvalue weighted by Crippen LogP contribution is 2.46. The molecule has 202 valence electrons. The number of pyridine rings is 2. The van der Waals surface area contributed by atoms with Crippen LogP contribution < -0.4 is 20.1 Å². The predicted molar refractivity (Wildman–Crippen MR) is 157 cm³/mol. The highest BCUT2D eigenvalue weighted by atomic mass is 35.5. The summed E-state index contributed by atoms with van der Waals surface area (Å²) < 4.78 is 10.8. The first kappa shape index (κ1) is 28.2. The molecule has 2 aromatic carbocycles. The van der Waals surface area contributed by atoms with Gasteiger partial charge in [0, 0.05) is 47.3 Å². The molecule has 0 amide bonds. The lowest BCUT2D eigenvalue weighted by Crippen LogP contribution is -2.09. The fraction of sp³-hybridized carbons (Fsp3) is 0.207. The van der Waals surface area contributed by atoms with Crippen LogP contribution in [0.1, 0.15) is 11.1 Å². The number of hydrogen-bond acceptors (Lipinski definition) is 8. The van der Waals surface area contributed by atoms with Crippen LogP contribution >= 0.6 is 23.2 Å². The van der Waals surface area contributed by atoms with Crippen molar-refractivity contribution in [3.8, 4) is 22.8 Å². The van der Waals surface area contributed by atoms with Crippen LogP contribution in [0.5, 0.6) is 11.5 Å². The number of carbonyl (C=O) groups is 1. The molecule has 4 aromatic rings. The SMILES string of the molecule is C=CC(=O)Cc1cccc(C)c1Nc1cc2c(NCCO)nc(-c3c(Cl)c(OC)cc(OC)c3Cl)cc2cn1. The minimum atomic E-state index is -0.0952. The summed E-state index contributed by atoms with van der Waals surface area (Å²) in [7, 11) is 3.01. The van der Waals surface area contributed by atoms with E-state index >= 15 is 0 Å². The van der Waals surface area contributed by atoms with Gasteiger partial charge in [-0.1, -0.05) is 48.0 Å². The van der Waals surface area contributed by atoms with Crippen molar-refractivity contribution in [1.29, 1.82) is 0 Å². The number of anilines is 3. The zero-order valence-electron chi connectivity index (χ0n) is 21.8. The fourth-order valence-corrected chi connectivity index (χ4v) is 4.90. The number of ether oxygens (including phenoxy) is 2. The van der Waals surface area contributed by atoms with Gasteiger partial charge < -0.3 is 25.2 Å². The second-order valence-electron chi connectivity index (χ2n) is 8.66. The number of carbonyl (C=O) groups excluding carboxylic acids is 1. The third kappa shape index (κ3) is 5.93. The number of rotatable bonds is 11. The number of aromatic nitrogens is 2. The lowest BCUT2D eigenvalue weighted by atomic mass is 10.0. The van der Waals surface area contributed by atoms with Crippen LogP contribution in [-0.2, 0) is 11.2 Å². The van der Waals surface area contributed by atoms with E-state index < -0.39 is 0 Å². The van der Waals surface area contributed by atoms with Crippen molar-refractivity contribution in [3.63, 3.8) is 0 Å². The van der Waals surface area contributed by atoms with Gasteiger partial charge in [-0.15, -0.1) is 0 Å². The Morgan fingerprint density at radius 1 is 1.13 bits per heavy atom. The maximum atomic E-state index is 12.1. The number of halogens is 2. The monoisotopic (exact) mass is 566 g/mol. The largest absolute Gasteiger partial charge is 0.495 e. The van der Waals surface area contributed by atoms with Gasteiger partial charge in [0.25, 0.3) is 0 Å². The summed E-state index contributed by atoms with van der Waals surface area (Å²) in [5.74, 6) is 1.77. The van der Waals surface area contributed by atoms with E-state index in [1.54, 1.807) is 12.3 Å². The molecule has 0 saturated carbocycles. The smallest absolute Gasteiger partial charge is 0.159 e. The highest BCUT2D eigenvalue weighted by molar-refractivity contribution is 6.41. The molecule has 3 N–H and O–H groups in total. The van der Waals surface area contributed by atoms with Crippen molar-refractivity contribution in [3.05, 3.63) is 76.4 Å². The maximum absolute atomic E-state index is 12.1. The van der Waals surface area contributed by atoms with E-state index in [2.05, 4.69) is 22.2 Å². The number of hydrogen-bond donors (Lipinski definition) is 3. The van der Waals surface area contributed by atoms with Gasteiger partial charge in [-0.3, -0.25) is 4.79 Å². The van der Waals surface area contributed by atoms with Crippen LogP contribution in [0.3, 0.4) is 0 Å². The molecule has 0 atom stereocenters. The molecule has 0 aliphatic carbocycles. The molecule has 4 rings (SSSR count).